The van der Waals surface area contributed by atoms with Gasteiger partial charge in [0.25, 0.3) is 0 Å². The molecule has 2 heterocycles. The van der Waals surface area contributed by atoms with E-state index >= 15 is 0 Å². The van der Waals surface area contributed by atoms with Crippen LogP contribution in [0.15, 0.2) is 0 Å². The molecule has 3 rings (SSSR count). The Hall–Kier alpha value is -0.570. The zero-order chi connectivity index (χ0) is 16.3. The van der Waals surface area contributed by atoms with Gasteiger partial charge in [0.1, 0.15) is 0 Å². The van der Waals surface area contributed by atoms with Crippen LogP contribution in [0.2, 0.25) is 0 Å². The third-order valence-electron chi connectivity index (χ3n) is 6.13. The highest BCUT2D eigenvalue weighted by atomic mass is 127. The van der Waals surface area contributed by atoms with E-state index in [1.807, 2.05) is 4.90 Å². The minimum absolute atomic E-state index is 0. The second kappa shape index (κ2) is 8.69. The Morgan fingerprint density at radius 1 is 1.17 bits per heavy atom. The summed E-state index contributed by atoms with van der Waals surface area (Å²) in [5, 5.41) is 2.85. The highest BCUT2D eigenvalue weighted by Crippen LogP contribution is 2.46. The second-order valence-electron chi connectivity index (χ2n) is 7.36. The van der Waals surface area contributed by atoms with Crippen LogP contribution in [-0.4, -0.2) is 68.2 Å². The van der Waals surface area contributed by atoms with E-state index in [2.05, 4.69) is 10.2 Å². The Balaban J connectivity index is 0.00000208. The lowest BCUT2D eigenvalue weighted by molar-refractivity contribution is -0.147. The molecule has 0 radical (unpaired) electrons. The third-order valence-corrected chi connectivity index (χ3v) is 6.13. The van der Waals surface area contributed by atoms with Crippen LogP contribution < -0.4 is 5.32 Å². The lowest BCUT2D eigenvalue weighted by atomic mass is 9.65. The summed E-state index contributed by atoms with van der Waals surface area (Å²) in [4.78, 5) is 27.6. The van der Waals surface area contributed by atoms with Gasteiger partial charge in [-0.1, -0.05) is 0 Å². The molecule has 7 heteroatoms. The van der Waals surface area contributed by atoms with Crippen molar-refractivity contribution < 1.29 is 14.3 Å². The van der Waals surface area contributed by atoms with Crippen molar-refractivity contribution in [2.45, 2.75) is 38.5 Å². The van der Waals surface area contributed by atoms with Gasteiger partial charge in [0.05, 0.1) is 13.0 Å². The van der Waals surface area contributed by atoms with E-state index in [4.69, 9.17) is 4.74 Å². The van der Waals surface area contributed by atoms with Crippen LogP contribution in [0, 0.1) is 11.3 Å². The molecule has 1 aliphatic carbocycles. The number of nitrogens with zero attached hydrogens (tertiary/aromatic N) is 2. The Labute approximate surface area is 161 Å². The van der Waals surface area contributed by atoms with E-state index in [1.54, 1.807) is 0 Å². The summed E-state index contributed by atoms with van der Waals surface area (Å²) in [5.74, 6) is 0.0958. The number of ether oxygens (including phenoxy) is 1. The number of methoxy groups -OCH3 is 1. The standard InChI is InChI=1S/C17H29N3O3.HI/c1-23-15(21)14-2-4-17(5-3-14)6-9-19(10-7-17)12-13-20-11-8-18-16(20)22;/h14H,2-13H2,1H3,(H,18,22);1H. The van der Waals surface area contributed by atoms with Crippen molar-refractivity contribution >= 4 is 36.0 Å². The molecule has 0 atom stereocenters. The van der Waals surface area contributed by atoms with Gasteiger partial charge in [0.2, 0.25) is 0 Å². The lowest BCUT2D eigenvalue weighted by Gasteiger charge is -2.45. The fraction of sp³-hybridized carbons (Fsp3) is 0.882. The van der Waals surface area contributed by atoms with E-state index in [1.165, 1.54) is 20.0 Å². The van der Waals surface area contributed by atoms with Gasteiger partial charge >= 0.3 is 12.0 Å². The Morgan fingerprint density at radius 3 is 2.38 bits per heavy atom. The Bertz CT molecular complexity index is 442. The van der Waals surface area contributed by atoms with Crippen LogP contribution >= 0.6 is 24.0 Å². The maximum Gasteiger partial charge on any atom is 0.317 e. The van der Waals surface area contributed by atoms with Crippen molar-refractivity contribution in [1.29, 1.82) is 0 Å². The first-order valence-corrected chi connectivity index (χ1v) is 8.95. The molecule has 1 spiro atoms. The summed E-state index contributed by atoms with van der Waals surface area (Å²) in [5.41, 5.74) is 0.450. The molecule has 2 saturated heterocycles. The molecule has 0 aromatic carbocycles. The zero-order valence-electron chi connectivity index (χ0n) is 14.6. The number of esters is 1. The highest BCUT2D eigenvalue weighted by molar-refractivity contribution is 14.0. The molecule has 138 valence electrons. The van der Waals surface area contributed by atoms with Crippen molar-refractivity contribution in [1.82, 2.24) is 15.1 Å². The minimum atomic E-state index is -0.0267. The van der Waals surface area contributed by atoms with Crippen LogP contribution in [0.4, 0.5) is 4.79 Å². The number of halogens is 1. The van der Waals surface area contributed by atoms with Gasteiger partial charge in [-0.25, -0.2) is 4.79 Å². The predicted octanol–water partition coefficient (Wildman–Crippen LogP) is 2.07. The van der Waals surface area contributed by atoms with Crippen LogP contribution in [0.1, 0.15) is 38.5 Å². The largest absolute Gasteiger partial charge is 0.469 e. The molecule has 2 aliphatic heterocycles. The lowest BCUT2D eigenvalue weighted by Crippen LogP contribution is -2.45. The van der Waals surface area contributed by atoms with Crippen molar-refractivity contribution in [2.24, 2.45) is 11.3 Å². The van der Waals surface area contributed by atoms with Crippen LogP contribution in [-0.2, 0) is 9.53 Å². The number of rotatable bonds is 4. The SMILES string of the molecule is COC(=O)C1CCC2(CC1)CCN(CCN1CCNC1=O)CC2.I. The number of carbonyl (C=O) groups excluding carboxylic acids is 2. The van der Waals surface area contributed by atoms with E-state index in [0.29, 0.717) is 5.41 Å². The van der Waals surface area contributed by atoms with Crippen LogP contribution in [0.5, 0.6) is 0 Å². The predicted molar refractivity (Wildman–Crippen MR) is 102 cm³/mol. The van der Waals surface area contributed by atoms with Crippen molar-refractivity contribution in [3.8, 4) is 0 Å². The molecule has 0 bridgehead atoms. The number of nitrogens with one attached hydrogen (secondary N) is 1. The molecular formula is C17H30IN3O3. The summed E-state index contributed by atoms with van der Waals surface area (Å²) in [6.07, 6.45) is 6.76. The summed E-state index contributed by atoms with van der Waals surface area (Å²) in [7, 11) is 1.49. The van der Waals surface area contributed by atoms with E-state index in [0.717, 1.165) is 65.0 Å². The molecular weight excluding hydrogens is 421 g/mol. The number of hydrogen-bond donors (Lipinski definition) is 1. The van der Waals surface area contributed by atoms with E-state index in [-0.39, 0.29) is 41.9 Å². The quantitative estimate of drug-likeness (QED) is 0.525. The molecule has 3 aliphatic rings. The van der Waals surface area contributed by atoms with Gasteiger partial charge in [0, 0.05) is 26.2 Å². The van der Waals surface area contributed by atoms with Crippen molar-refractivity contribution in [3.63, 3.8) is 0 Å². The maximum atomic E-state index is 11.7. The van der Waals surface area contributed by atoms with Gasteiger partial charge in [0.15, 0.2) is 0 Å². The molecule has 0 aromatic rings. The first-order chi connectivity index (χ1) is 11.1. The first-order valence-electron chi connectivity index (χ1n) is 8.95. The zero-order valence-corrected chi connectivity index (χ0v) is 16.9. The average Bonchev–Trinajstić information content (AvgIpc) is 3.00. The maximum absolute atomic E-state index is 11.7. The molecule has 3 fully saturated rings. The smallest absolute Gasteiger partial charge is 0.317 e. The number of likely N-dealkylation sites (tertiary alicyclic amines) is 1. The first kappa shape index (κ1) is 19.8. The van der Waals surface area contributed by atoms with Gasteiger partial charge in [-0.05, 0) is 57.0 Å². The van der Waals surface area contributed by atoms with Crippen molar-refractivity contribution in [3.05, 3.63) is 0 Å². The summed E-state index contributed by atoms with van der Waals surface area (Å²) in [6, 6.07) is 0.0830. The molecule has 1 saturated carbocycles. The topological polar surface area (TPSA) is 61.9 Å². The van der Waals surface area contributed by atoms with Crippen molar-refractivity contribution in [2.75, 3.05) is 46.4 Å². The molecule has 0 unspecified atom stereocenters. The van der Waals surface area contributed by atoms with Gasteiger partial charge < -0.3 is 19.9 Å². The monoisotopic (exact) mass is 451 g/mol. The molecule has 6 nitrogen and oxygen atoms in total. The fourth-order valence-corrected chi connectivity index (χ4v) is 4.37. The number of hydrogen-bond acceptors (Lipinski definition) is 4. The van der Waals surface area contributed by atoms with Crippen LogP contribution in [0.25, 0.3) is 0 Å². The number of piperidine rings is 1. The number of carbonyl (C=O) groups is 2. The Morgan fingerprint density at radius 2 is 1.83 bits per heavy atom. The van der Waals surface area contributed by atoms with E-state index in [9.17, 15) is 9.59 Å². The highest BCUT2D eigenvalue weighted by Gasteiger charge is 2.39. The molecule has 24 heavy (non-hydrogen) atoms. The molecule has 1 N–H and O–H groups in total. The van der Waals surface area contributed by atoms with E-state index < -0.39 is 0 Å². The fourth-order valence-electron chi connectivity index (χ4n) is 4.37. The summed E-state index contributed by atoms with van der Waals surface area (Å²) >= 11 is 0. The molecule has 2 amide bonds. The van der Waals surface area contributed by atoms with Gasteiger partial charge in [-0.3, -0.25) is 4.79 Å². The van der Waals surface area contributed by atoms with Crippen LogP contribution in [0.3, 0.4) is 0 Å². The molecule has 0 aromatic heterocycles. The minimum Gasteiger partial charge on any atom is -0.469 e. The Kier molecular flexibility index (Phi) is 7.15. The average molecular weight is 451 g/mol. The third kappa shape index (κ3) is 4.53. The summed E-state index contributed by atoms with van der Waals surface area (Å²) < 4.78 is 4.89. The number of amides is 2. The normalized spacial score (nSPS) is 24.5. The van der Waals surface area contributed by atoms with Gasteiger partial charge in [-0.2, -0.15) is 0 Å². The number of urea groups is 1. The summed E-state index contributed by atoms with van der Waals surface area (Å²) in [6.45, 7) is 5.68. The second-order valence-corrected chi connectivity index (χ2v) is 7.36. The van der Waals surface area contributed by atoms with Gasteiger partial charge in [-0.15, -0.1) is 24.0 Å².